The SMILES string of the molecule is CC(c1ccccc1)N1CC(C(=O)Nc2ccnc(Sc3ccccn3)c2)CC1=O. The number of aromatic nitrogens is 2. The van der Waals surface area contributed by atoms with E-state index < -0.39 is 0 Å². The number of hydrogen-bond donors (Lipinski definition) is 1. The highest BCUT2D eigenvalue weighted by atomic mass is 32.2. The number of rotatable bonds is 6. The van der Waals surface area contributed by atoms with Gasteiger partial charge in [0.2, 0.25) is 11.8 Å². The lowest BCUT2D eigenvalue weighted by molar-refractivity contribution is -0.129. The Morgan fingerprint density at radius 1 is 1.07 bits per heavy atom. The third-order valence-electron chi connectivity index (χ3n) is 5.13. The van der Waals surface area contributed by atoms with Gasteiger partial charge >= 0.3 is 0 Å². The van der Waals surface area contributed by atoms with E-state index in [-0.39, 0.29) is 30.2 Å². The quantitative estimate of drug-likeness (QED) is 0.650. The molecule has 1 saturated heterocycles. The molecule has 0 radical (unpaired) electrons. The second kappa shape index (κ2) is 9.09. The van der Waals surface area contributed by atoms with Gasteiger partial charge in [-0.3, -0.25) is 9.59 Å². The second-order valence-electron chi connectivity index (χ2n) is 7.18. The smallest absolute Gasteiger partial charge is 0.229 e. The molecule has 1 N–H and O–H groups in total. The van der Waals surface area contributed by atoms with E-state index in [1.807, 2.05) is 61.5 Å². The summed E-state index contributed by atoms with van der Waals surface area (Å²) in [4.78, 5) is 35.7. The monoisotopic (exact) mass is 418 g/mol. The lowest BCUT2D eigenvalue weighted by Gasteiger charge is -2.25. The molecule has 0 saturated carbocycles. The first kappa shape index (κ1) is 20.1. The lowest BCUT2D eigenvalue weighted by atomic mass is 10.1. The molecule has 7 heteroatoms. The van der Waals surface area contributed by atoms with Crippen LogP contribution in [0.15, 0.2) is 83.1 Å². The van der Waals surface area contributed by atoms with Crippen molar-refractivity contribution in [2.45, 2.75) is 29.4 Å². The zero-order chi connectivity index (χ0) is 20.9. The average molecular weight is 419 g/mol. The summed E-state index contributed by atoms with van der Waals surface area (Å²) in [7, 11) is 0. The number of pyridine rings is 2. The third kappa shape index (κ3) is 4.68. The van der Waals surface area contributed by atoms with Gasteiger partial charge in [-0.05, 0) is 36.8 Å². The summed E-state index contributed by atoms with van der Waals surface area (Å²) >= 11 is 1.43. The van der Waals surface area contributed by atoms with Crippen molar-refractivity contribution in [2.24, 2.45) is 5.92 Å². The molecule has 3 aromatic rings. The number of likely N-dealkylation sites (tertiary alicyclic amines) is 1. The van der Waals surface area contributed by atoms with Crippen LogP contribution in [0, 0.1) is 5.92 Å². The fraction of sp³-hybridized carbons (Fsp3) is 0.217. The van der Waals surface area contributed by atoms with Crippen molar-refractivity contribution < 1.29 is 9.59 Å². The minimum absolute atomic E-state index is 0.00706. The van der Waals surface area contributed by atoms with Gasteiger partial charge in [0.05, 0.1) is 12.0 Å². The van der Waals surface area contributed by atoms with Crippen molar-refractivity contribution >= 4 is 29.3 Å². The Bertz CT molecular complexity index is 1030. The van der Waals surface area contributed by atoms with Crippen LogP contribution < -0.4 is 5.32 Å². The average Bonchev–Trinajstić information content (AvgIpc) is 3.16. The number of amides is 2. The van der Waals surface area contributed by atoms with Crippen LogP contribution in [0.25, 0.3) is 0 Å². The van der Waals surface area contributed by atoms with Crippen LogP contribution in [-0.4, -0.2) is 33.2 Å². The molecule has 3 heterocycles. The number of nitrogens with zero attached hydrogens (tertiary/aromatic N) is 3. The van der Waals surface area contributed by atoms with Crippen molar-refractivity contribution in [3.8, 4) is 0 Å². The van der Waals surface area contributed by atoms with Crippen LogP contribution in [0.5, 0.6) is 0 Å². The Hall–Kier alpha value is -3.19. The third-order valence-corrected chi connectivity index (χ3v) is 6.01. The maximum absolute atomic E-state index is 12.8. The number of carbonyl (C=O) groups is 2. The summed E-state index contributed by atoms with van der Waals surface area (Å²) < 4.78 is 0. The first-order chi connectivity index (χ1) is 14.6. The molecule has 30 heavy (non-hydrogen) atoms. The predicted molar refractivity (Wildman–Crippen MR) is 116 cm³/mol. The molecular formula is C23H22N4O2S. The summed E-state index contributed by atoms with van der Waals surface area (Å²) in [5, 5.41) is 4.52. The van der Waals surface area contributed by atoms with E-state index >= 15 is 0 Å². The van der Waals surface area contributed by atoms with Gasteiger partial charge in [0.1, 0.15) is 10.1 Å². The summed E-state index contributed by atoms with van der Waals surface area (Å²) in [6.07, 6.45) is 3.61. The molecule has 0 spiro atoms. The van der Waals surface area contributed by atoms with E-state index in [9.17, 15) is 9.59 Å². The summed E-state index contributed by atoms with van der Waals surface area (Å²) in [5.74, 6) is -0.512. The van der Waals surface area contributed by atoms with Gasteiger partial charge in [-0.1, -0.05) is 48.2 Å². The van der Waals surface area contributed by atoms with Crippen LogP contribution in [-0.2, 0) is 9.59 Å². The first-order valence-corrected chi connectivity index (χ1v) is 10.6. The highest BCUT2D eigenvalue weighted by Crippen LogP contribution is 2.30. The molecule has 0 bridgehead atoms. The van der Waals surface area contributed by atoms with Crippen LogP contribution in [0.4, 0.5) is 5.69 Å². The number of nitrogens with one attached hydrogen (secondary N) is 1. The molecule has 1 aliphatic heterocycles. The minimum Gasteiger partial charge on any atom is -0.335 e. The summed E-state index contributed by atoms with van der Waals surface area (Å²) in [6, 6.07) is 19.1. The second-order valence-corrected chi connectivity index (χ2v) is 8.22. The Balaban J connectivity index is 1.40. The molecule has 2 amide bonds. The Kier molecular flexibility index (Phi) is 6.09. The first-order valence-electron chi connectivity index (χ1n) is 9.80. The molecule has 1 fully saturated rings. The van der Waals surface area contributed by atoms with Gasteiger partial charge in [0.15, 0.2) is 0 Å². The molecule has 1 aliphatic rings. The molecule has 0 aliphatic carbocycles. The largest absolute Gasteiger partial charge is 0.335 e. The molecule has 4 rings (SSSR count). The van der Waals surface area contributed by atoms with E-state index in [0.29, 0.717) is 12.2 Å². The van der Waals surface area contributed by atoms with Gasteiger partial charge in [-0.25, -0.2) is 9.97 Å². The normalized spacial score (nSPS) is 17.0. The van der Waals surface area contributed by atoms with Crippen molar-refractivity contribution in [3.63, 3.8) is 0 Å². The zero-order valence-corrected chi connectivity index (χ0v) is 17.4. The molecular weight excluding hydrogens is 396 g/mol. The number of carbonyl (C=O) groups excluding carboxylic acids is 2. The van der Waals surface area contributed by atoms with Crippen molar-refractivity contribution in [3.05, 3.63) is 78.6 Å². The molecule has 6 nitrogen and oxygen atoms in total. The summed E-state index contributed by atoms with van der Waals surface area (Å²) in [5.41, 5.74) is 1.73. The minimum atomic E-state index is -0.372. The Morgan fingerprint density at radius 3 is 2.60 bits per heavy atom. The van der Waals surface area contributed by atoms with Crippen molar-refractivity contribution in [1.82, 2.24) is 14.9 Å². The Labute approximate surface area is 179 Å². The standard InChI is InChI=1S/C23H22N4O2S/c1-16(17-7-3-2-4-8-17)27-15-18(13-22(27)28)23(29)26-19-10-12-25-21(14-19)30-20-9-5-6-11-24-20/h2-12,14,16,18H,13,15H2,1H3,(H,25,26,29). The van der Waals surface area contributed by atoms with Gasteiger partial charge in [-0.2, -0.15) is 0 Å². The molecule has 2 atom stereocenters. The van der Waals surface area contributed by atoms with Crippen molar-refractivity contribution in [2.75, 3.05) is 11.9 Å². The van der Waals surface area contributed by atoms with Crippen LogP contribution >= 0.6 is 11.8 Å². The van der Waals surface area contributed by atoms with Crippen LogP contribution in [0.2, 0.25) is 0 Å². The number of benzene rings is 1. The van der Waals surface area contributed by atoms with Gasteiger partial charge < -0.3 is 10.2 Å². The van der Waals surface area contributed by atoms with E-state index in [2.05, 4.69) is 15.3 Å². The van der Waals surface area contributed by atoms with Crippen LogP contribution in [0.1, 0.15) is 24.9 Å². The number of anilines is 1. The van der Waals surface area contributed by atoms with Gasteiger partial charge in [-0.15, -0.1) is 0 Å². The maximum Gasteiger partial charge on any atom is 0.229 e. The Morgan fingerprint density at radius 2 is 1.83 bits per heavy atom. The van der Waals surface area contributed by atoms with Crippen LogP contribution in [0.3, 0.4) is 0 Å². The van der Waals surface area contributed by atoms with E-state index in [4.69, 9.17) is 0 Å². The molecule has 152 valence electrons. The lowest BCUT2D eigenvalue weighted by Crippen LogP contribution is -2.30. The highest BCUT2D eigenvalue weighted by molar-refractivity contribution is 7.99. The topological polar surface area (TPSA) is 75.2 Å². The number of hydrogen-bond acceptors (Lipinski definition) is 5. The van der Waals surface area contributed by atoms with Gasteiger partial charge in [0, 0.05) is 31.0 Å². The van der Waals surface area contributed by atoms with E-state index in [1.54, 1.807) is 23.4 Å². The fourth-order valence-corrected chi connectivity index (χ4v) is 4.27. The van der Waals surface area contributed by atoms with Crippen molar-refractivity contribution in [1.29, 1.82) is 0 Å². The van der Waals surface area contributed by atoms with E-state index in [1.165, 1.54) is 11.8 Å². The zero-order valence-electron chi connectivity index (χ0n) is 16.6. The maximum atomic E-state index is 12.8. The summed E-state index contributed by atoms with van der Waals surface area (Å²) in [6.45, 7) is 2.42. The van der Waals surface area contributed by atoms with E-state index in [0.717, 1.165) is 15.6 Å². The highest BCUT2D eigenvalue weighted by Gasteiger charge is 2.37. The molecule has 1 aromatic carbocycles. The molecule has 2 aromatic heterocycles. The molecule has 2 unspecified atom stereocenters. The predicted octanol–water partition coefficient (Wildman–Crippen LogP) is 4.18. The van der Waals surface area contributed by atoms with Gasteiger partial charge in [0.25, 0.3) is 0 Å². The fourth-order valence-electron chi connectivity index (χ4n) is 3.49.